The zero-order chi connectivity index (χ0) is 8.27. The average molecular weight is 155 g/mol. The van der Waals surface area contributed by atoms with Crippen LogP contribution < -0.4 is 10.1 Å². The van der Waals surface area contributed by atoms with Gasteiger partial charge in [0.15, 0.2) is 5.75 Å². The van der Waals surface area contributed by atoms with E-state index >= 15 is 0 Å². The summed E-state index contributed by atoms with van der Waals surface area (Å²) in [6.45, 7) is 0.777. The Morgan fingerprint density at radius 1 is 1.73 bits per heavy atom. The minimum Gasteiger partial charge on any atom is -0.493 e. The topological polar surface area (TPSA) is 39.1 Å². The summed E-state index contributed by atoms with van der Waals surface area (Å²) >= 11 is 0. The van der Waals surface area contributed by atoms with Gasteiger partial charge in [0.05, 0.1) is 19.0 Å². The molecule has 0 radical (unpaired) electrons. The number of methoxy groups -OCH3 is 1. The standard InChI is InChI=1S/C7H13N3O/c1-8-4-6-7(11-3)5-9-10(6)2/h5,8H,4H2,1-3H3. The Kier molecular flexibility index (Phi) is 2.48. The van der Waals surface area contributed by atoms with Crippen molar-refractivity contribution in [1.82, 2.24) is 15.1 Å². The Labute approximate surface area is 66.2 Å². The van der Waals surface area contributed by atoms with Crippen molar-refractivity contribution in [2.24, 2.45) is 7.05 Å². The van der Waals surface area contributed by atoms with Gasteiger partial charge in [-0.3, -0.25) is 4.68 Å². The second kappa shape index (κ2) is 3.39. The maximum atomic E-state index is 5.10. The van der Waals surface area contributed by atoms with Crippen LogP contribution in [-0.2, 0) is 13.6 Å². The van der Waals surface area contributed by atoms with Gasteiger partial charge in [0.1, 0.15) is 0 Å². The Morgan fingerprint density at radius 2 is 2.45 bits per heavy atom. The highest BCUT2D eigenvalue weighted by molar-refractivity contribution is 5.24. The molecule has 11 heavy (non-hydrogen) atoms. The molecule has 0 aliphatic rings. The molecule has 0 saturated heterocycles. The Morgan fingerprint density at radius 3 is 3.00 bits per heavy atom. The summed E-state index contributed by atoms with van der Waals surface area (Å²) in [7, 11) is 5.44. The van der Waals surface area contributed by atoms with Crippen molar-refractivity contribution in [1.29, 1.82) is 0 Å². The fourth-order valence-electron chi connectivity index (χ4n) is 0.982. The molecule has 4 heteroatoms. The second-order valence-corrected chi connectivity index (χ2v) is 2.31. The molecule has 1 rings (SSSR count). The molecule has 0 aliphatic carbocycles. The monoisotopic (exact) mass is 155 g/mol. The number of nitrogens with one attached hydrogen (secondary N) is 1. The predicted octanol–water partition coefficient (Wildman–Crippen LogP) is 0.148. The number of ether oxygens (including phenoxy) is 1. The second-order valence-electron chi connectivity index (χ2n) is 2.31. The summed E-state index contributed by atoms with van der Waals surface area (Å²) in [4.78, 5) is 0. The maximum Gasteiger partial charge on any atom is 0.161 e. The van der Waals surface area contributed by atoms with Crippen LogP contribution in [-0.4, -0.2) is 23.9 Å². The van der Waals surface area contributed by atoms with Crippen molar-refractivity contribution in [2.45, 2.75) is 6.54 Å². The van der Waals surface area contributed by atoms with Crippen LogP contribution in [0, 0.1) is 0 Å². The number of rotatable bonds is 3. The molecule has 0 saturated carbocycles. The maximum absolute atomic E-state index is 5.10. The molecule has 1 aromatic heterocycles. The molecule has 0 aromatic carbocycles. The van der Waals surface area contributed by atoms with Gasteiger partial charge in [0.2, 0.25) is 0 Å². The summed E-state index contributed by atoms with van der Waals surface area (Å²) in [5, 5.41) is 7.10. The first kappa shape index (κ1) is 8.07. The van der Waals surface area contributed by atoms with Crippen LogP contribution in [0.5, 0.6) is 5.75 Å². The van der Waals surface area contributed by atoms with E-state index in [9.17, 15) is 0 Å². The predicted molar refractivity (Wildman–Crippen MR) is 42.5 cm³/mol. The first-order chi connectivity index (χ1) is 5.29. The van der Waals surface area contributed by atoms with Gasteiger partial charge in [0.25, 0.3) is 0 Å². The highest BCUT2D eigenvalue weighted by Gasteiger charge is 2.05. The van der Waals surface area contributed by atoms with Gasteiger partial charge in [-0.2, -0.15) is 5.10 Å². The molecule has 0 spiro atoms. The van der Waals surface area contributed by atoms with Gasteiger partial charge < -0.3 is 10.1 Å². The summed E-state index contributed by atoms with van der Waals surface area (Å²) < 4.78 is 6.90. The quantitative estimate of drug-likeness (QED) is 0.675. The van der Waals surface area contributed by atoms with E-state index in [-0.39, 0.29) is 0 Å². The van der Waals surface area contributed by atoms with Crippen molar-refractivity contribution >= 4 is 0 Å². The third-order valence-electron chi connectivity index (χ3n) is 1.59. The summed E-state index contributed by atoms with van der Waals surface area (Å²) in [6, 6.07) is 0. The average Bonchev–Trinajstić information content (AvgIpc) is 2.34. The smallest absolute Gasteiger partial charge is 0.161 e. The van der Waals surface area contributed by atoms with Crippen LogP contribution in [0.15, 0.2) is 6.20 Å². The minimum absolute atomic E-state index is 0.777. The zero-order valence-electron chi connectivity index (χ0n) is 7.09. The van der Waals surface area contributed by atoms with Gasteiger partial charge >= 0.3 is 0 Å². The molecule has 0 unspecified atom stereocenters. The van der Waals surface area contributed by atoms with Gasteiger partial charge in [-0.25, -0.2) is 0 Å². The lowest BCUT2D eigenvalue weighted by atomic mass is 10.4. The van der Waals surface area contributed by atoms with E-state index in [1.807, 2.05) is 14.1 Å². The van der Waals surface area contributed by atoms with Crippen LogP contribution in [0.25, 0.3) is 0 Å². The van der Waals surface area contributed by atoms with E-state index in [2.05, 4.69) is 10.4 Å². The summed E-state index contributed by atoms with van der Waals surface area (Å²) in [6.07, 6.45) is 1.71. The van der Waals surface area contributed by atoms with E-state index in [0.29, 0.717) is 0 Å². The number of aryl methyl sites for hydroxylation is 1. The van der Waals surface area contributed by atoms with Gasteiger partial charge in [-0.15, -0.1) is 0 Å². The first-order valence-electron chi connectivity index (χ1n) is 3.49. The highest BCUT2D eigenvalue weighted by atomic mass is 16.5. The van der Waals surface area contributed by atoms with E-state index in [1.54, 1.807) is 18.0 Å². The van der Waals surface area contributed by atoms with Crippen molar-refractivity contribution in [3.63, 3.8) is 0 Å². The largest absolute Gasteiger partial charge is 0.493 e. The van der Waals surface area contributed by atoms with Crippen molar-refractivity contribution in [2.75, 3.05) is 14.2 Å². The molecule has 1 aromatic rings. The Bertz CT molecular complexity index is 232. The SMILES string of the molecule is CNCc1c(OC)cnn1C. The van der Waals surface area contributed by atoms with E-state index < -0.39 is 0 Å². The molecule has 0 aliphatic heterocycles. The summed E-state index contributed by atoms with van der Waals surface area (Å²) in [5.41, 5.74) is 1.06. The molecule has 1 heterocycles. The lowest BCUT2D eigenvalue weighted by Gasteiger charge is -2.02. The molecule has 1 N–H and O–H groups in total. The molecule has 62 valence electrons. The normalized spacial score (nSPS) is 10.1. The molecule has 0 bridgehead atoms. The molecule has 0 atom stereocenters. The lowest BCUT2D eigenvalue weighted by Crippen LogP contribution is -2.10. The fourth-order valence-corrected chi connectivity index (χ4v) is 0.982. The molecule has 0 fully saturated rings. The van der Waals surface area contributed by atoms with E-state index in [4.69, 9.17) is 4.74 Å². The number of hydrogen-bond acceptors (Lipinski definition) is 3. The zero-order valence-corrected chi connectivity index (χ0v) is 7.09. The van der Waals surface area contributed by atoms with Crippen LogP contribution in [0.3, 0.4) is 0 Å². The fraction of sp³-hybridized carbons (Fsp3) is 0.571. The molecular formula is C7H13N3O. The Balaban J connectivity index is 2.88. The molecule has 0 amide bonds. The van der Waals surface area contributed by atoms with Gasteiger partial charge in [0, 0.05) is 13.6 Å². The van der Waals surface area contributed by atoms with Crippen LogP contribution in [0.2, 0.25) is 0 Å². The number of hydrogen-bond donors (Lipinski definition) is 1. The number of aromatic nitrogens is 2. The van der Waals surface area contributed by atoms with Crippen molar-refractivity contribution in [3.05, 3.63) is 11.9 Å². The minimum atomic E-state index is 0.777. The van der Waals surface area contributed by atoms with Gasteiger partial charge in [-0.05, 0) is 7.05 Å². The molecule has 4 nitrogen and oxygen atoms in total. The highest BCUT2D eigenvalue weighted by Crippen LogP contribution is 2.15. The summed E-state index contributed by atoms with van der Waals surface area (Å²) in [5.74, 6) is 0.835. The van der Waals surface area contributed by atoms with Crippen LogP contribution >= 0.6 is 0 Å². The van der Waals surface area contributed by atoms with E-state index in [0.717, 1.165) is 18.0 Å². The number of nitrogens with zero attached hydrogens (tertiary/aromatic N) is 2. The third-order valence-corrected chi connectivity index (χ3v) is 1.59. The van der Waals surface area contributed by atoms with Crippen molar-refractivity contribution < 1.29 is 4.74 Å². The van der Waals surface area contributed by atoms with Crippen molar-refractivity contribution in [3.8, 4) is 5.75 Å². The van der Waals surface area contributed by atoms with Gasteiger partial charge in [-0.1, -0.05) is 0 Å². The first-order valence-corrected chi connectivity index (χ1v) is 3.49. The van der Waals surface area contributed by atoms with Crippen LogP contribution in [0.4, 0.5) is 0 Å². The van der Waals surface area contributed by atoms with Crippen LogP contribution in [0.1, 0.15) is 5.69 Å². The third kappa shape index (κ3) is 1.51. The van der Waals surface area contributed by atoms with E-state index in [1.165, 1.54) is 0 Å². The Hall–Kier alpha value is -1.03. The lowest BCUT2D eigenvalue weighted by molar-refractivity contribution is 0.406. The molecular weight excluding hydrogens is 142 g/mol.